The molecule has 13 rings (SSSR count). The second-order valence-corrected chi connectivity index (χ2v) is 38.3. The van der Waals surface area contributed by atoms with Crippen molar-refractivity contribution in [2.24, 2.45) is 29.2 Å². The lowest BCUT2D eigenvalue weighted by atomic mass is 9.79. The molecule has 26 nitrogen and oxygen atoms in total. The third-order valence-electron chi connectivity index (χ3n) is 22.2. The number of rotatable bonds is 14. The maximum Gasteiger partial charge on any atom is 0.410 e. The number of aryl methyl sites for hydroxylation is 5. The van der Waals surface area contributed by atoms with Gasteiger partial charge in [-0.15, -0.1) is 0 Å². The lowest BCUT2D eigenvalue weighted by Crippen LogP contribution is -2.41. The number of nitrogen functional groups attached to an aromatic ring is 3. The Morgan fingerprint density at radius 2 is 0.835 bits per heavy atom. The van der Waals surface area contributed by atoms with Gasteiger partial charge in [0, 0.05) is 77.7 Å². The van der Waals surface area contributed by atoms with Crippen molar-refractivity contribution in [2.75, 3.05) is 112 Å². The number of carbonyl (C=O) groups excluding carboxylic acids is 4. The molecule has 0 bridgehead atoms. The third kappa shape index (κ3) is 35.3. The van der Waals surface area contributed by atoms with E-state index in [0.717, 1.165) is 133 Å². The maximum atomic E-state index is 12.3. The van der Waals surface area contributed by atoms with Crippen molar-refractivity contribution < 1.29 is 33.4 Å². The highest BCUT2D eigenvalue weighted by molar-refractivity contribution is 9.11. The van der Waals surface area contributed by atoms with E-state index in [4.69, 9.17) is 59.7 Å². The van der Waals surface area contributed by atoms with Crippen LogP contribution in [-0.4, -0.2) is 166 Å². The van der Waals surface area contributed by atoms with Gasteiger partial charge >= 0.3 is 18.3 Å². The van der Waals surface area contributed by atoms with Crippen LogP contribution in [-0.2, 0) is 25.4 Å². The summed E-state index contributed by atoms with van der Waals surface area (Å²) < 4.78 is 18.1. The highest BCUT2D eigenvalue weighted by atomic mass is 79.9. The zero-order valence-corrected chi connectivity index (χ0v) is 81.9. The largest absolute Gasteiger partial charge is 0.444 e. The van der Waals surface area contributed by atoms with Gasteiger partial charge in [0.2, 0.25) is 0 Å². The molecule has 3 amide bonds. The molecule has 8 aromatic rings. The zero-order valence-electron chi connectivity index (χ0n) is 76.3. The summed E-state index contributed by atoms with van der Waals surface area (Å²) in [6.07, 6.45) is 12.9. The number of aromatic nitrogens is 6. The lowest BCUT2D eigenvalue weighted by molar-refractivity contribution is -0.121. The Morgan fingerprint density at radius 1 is 0.488 bits per heavy atom. The first-order valence-corrected chi connectivity index (χ1v) is 46.3. The van der Waals surface area contributed by atoms with Crippen molar-refractivity contribution in [1.82, 2.24) is 50.3 Å². The van der Waals surface area contributed by atoms with Crippen LogP contribution < -0.4 is 49.1 Å². The molecule has 0 aliphatic carbocycles. The normalized spacial score (nSPS) is 15.7. The number of carbonyl (C=O) groups is 4. The van der Waals surface area contributed by atoms with Gasteiger partial charge in [-0.05, 0) is 285 Å². The van der Waals surface area contributed by atoms with Gasteiger partial charge in [0.1, 0.15) is 84.8 Å². The van der Waals surface area contributed by atoms with E-state index in [1.807, 2.05) is 125 Å². The lowest BCUT2D eigenvalue weighted by Gasteiger charge is -2.37. The summed E-state index contributed by atoms with van der Waals surface area (Å²) in [5.74, 6) is 6.23. The Labute approximate surface area is 782 Å². The first-order valence-electron chi connectivity index (χ1n) is 43.6. The van der Waals surface area contributed by atoms with Crippen LogP contribution in [0, 0.1) is 75.0 Å². The van der Waals surface area contributed by atoms with Gasteiger partial charge in [-0.2, -0.15) is 10.5 Å². The van der Waals surface area contributed by atoms with Crippen molar-refractivity contribution in [1.29, 1.82) is 10.5 Å². The number of nitriles is 2. The fourth-order valence-electron chi connectivity index (χ4n) is 15.2. The number of hydrogen-bond acceptors (Lipinski definition) is 23. The summed E-state index contributed by atoms with van der Waals surface area (Å²) in [6.45, 7) is 37.3. The predicted molar refractivity (Wildman–Crippen MR) is 520 cm³/mol. The van der Waals surface area contributed by atoms with Gasteiger partial charge < -0.3 is 73.1 Å². The topological polar surface area (TPSA) is 388 Å². The average Bonchev–Trinajstić information content (AvgIpc) is 0.817. The molecule has 30 heteroatoms. The molecule has 5 fully saturated rings. The maximum absolute atomic E-state index is 12.3. The smallest absolute Gasteiger partial charge is 0.410 e. The van der Waals surface area contributed by atoms with Crippen LogP contribution in [0.25, 0.3) is 5.57 Å². The third-order valence-corrected chi connectivity index (χ3v) is 25.0. The minimum Gasteiger partial charge on any atom is -0.444 e. The van der Waals surface area contributed by atoms with Crippen LogP contribution in [0.15, 0.2) is 159 Å². The Morgan fingerprint density at radius 3 is 1.20 bits per heavy atom. The van der Waals surface area contributed by atoms with Crippen molar-refractivity contribution >= 4 is 118 Å². The van der Waals surface area contributed by atoms with Crippen molar-refractivity contribution in [3.8, 4) is 12.1 Å². The number of anilines is 5. The number of alkyl carbamates (subject to hydrolysis) is 1. The number of Topliss-reactive ketones (excluding diaryl/α,β-unsaturated/α-hetero) is 1. The van der Waals surface area contributed by atoms with Gasteiger partial charge in [-0.25, -0.2) is 44.3 Å². The second kappa shape index (κ2) is 51.4. The van der Waals surface area contributed by atoms with E-state index in [0.29, 0.717) is 109 Å². The number of nitrogens with zero attached hydrogens (tertiary/aromatic N) is 12. The van der Waals surface area contributed by atoms with E-state index >= 15 is 0 Å². The summed E-state index contributed by atoms with van der Waals surface area (Å²) in [6, 6.07) is 46.7. The summed E-state index contributed by atoms with van der Waals surface area (Å²) in [7, 11) is 0. The highest BCUT2D eigenvalue weighted by Crippen LogP contribution is 2.40. The molecule has 0 radical (unpaired) electrons. The van der Waals surface area contributed by atoms with E-state index in [2.05, 4.69) is 204 Å². The van der Waals surface area contributed by atoms with Crippen LogP contribution in [0.1, 0.15) is 200 Å². The molecule has 3 atom stereocenters. The van der Waals surface area contributed by atoms with Gasteiger partial charge in [0.15, 0.2) is 0 Å². The highest BCUT2D eigenvalue weighted by Gasteiger charge is 2.34. The van der Waals surface area contributed by atoms with E-state index in [-0.39, 0.29) is 30.0 Å². The number of nitrogens with two attached hydrogens (primary N) is 5. The number of allylic oxidation sites excluding steroid dienone is 1. The van der Waals surface area contributed by atoms with E-state index in [1.54, 1.807) is 9.80 Å². The molecule has 5 aliphatic rings. The van der Waals surface area contributed by atoms with E-state index < -0.39 is 16.8 Å². The molecule has 0 saturated carbocycles. The monoisotopic (exact) mass is 1950 g/mol. The minimum atomic E-state index is -0.512. The number of likely N-dealkylation sites (tertiary alicyclic amines) is 2. The molecule has 5 saturated heterocycles. The molecule has 3 unspecified atom stereocenters. The number of hydrogen-bond donors (Lipinski definition) is 7. The minimum absolute atomic E-state index is 0.217. The first kappa shape index (κ1) is 104. The fourth-order valence-corrected chi connectivity index (χ4v) is 16.5. The number of nitrogens with one attached hydrogen (secondary N) is 2. The molecule has 12 N–H and O–H groups in total. The Balaban J connectivity index is 0.000000210. The van der Waals surface area contributed by atoms with Crippen LogP contribution in [0.5, 0.6) is 0 Å². The zero-order chi connectivity index (χ0) is 93.1. The Kier molecular flexibility index (Phi) is 42.2. The quantitative estimate of drug-likeness (QED) is 0.0302. The Hall–Kier alpha value is -9.85. The molecular formula is C97H131Br3ClN19O7. The molecule has 0 spiro atoms. The Bertz CT molecular complexity index is 4860. The van der Waals surface area contributed by atoms with E-state index in [1.165, 1.54) is 76.3 Å². The molecule has 3 aromatic heterocycles. The number of benzene rings is 5. The summed E-state index contributed by atoms with van der Waals surface area (Å²) in [5.41, 5.74) is 41.9. The van der Waals surface area contributed by atoms with Crippen molar-refractivity contribution in [3.05, 3.63) is 220 Å². The molecular weight excluding hydrogens is 1820 g/mol. The molecule has 127 heavy (non-hydrogen) atoms. The summed E-state index contributed by atoms with van der Waals surface area (Å²) >= 11 is 15.7. The fraction of sp³-hybridized carbons (Fsp3) is 0.485. The predicted octanol–water partition coefficient (Wildman–Crippen LogP) is 19.2. The average molecular weight is 1950 g/mol. The van der Waals surface area contributed by atoms with Crippen LogP contribution >= 0.6 is 59.4 Å². The number of piperidine rings is 5. The van der Waals surface area contributed by atoms with Gasteiger partial charge in [0.25, 0.3) is 0 Å². The molecule has 8 heterocycles. The van der Waals surface area contributed by atoms with Crippen LogP contribution in [0.2, 0.25) is 5.15 Å². The van der Waals surface area contributed by atoms with Crippen LogP contribution in [0.3, 0.4) is 0 Å². The van der Waals surface area contributed by atoms with Crippen molar-refractivity contribution in [3.63, 3.8) is 0 Å². The van der Waals surface area contributed by atoms with Gasteiger partial charge in [0.05, 0.1) is 28.6 Å². The standard InChI is InChI=1S/C23H32BrN5O2.C19H24N2O2.C18H24BrN5.C14H22N2.C10H17NO3.C9H9N.C4H3BrClN3/c1-15-5-7-16(8-6-15)18(13-26-22(30)31-23(2,3)4)17-9-11-29(12-10-17)21-19(24)20(25)27-14-28-21;1-14-5-7-15(8-6-14)17(13-20)16-9-11-21(12-10-16)18(22)23-19(2,3)4;1-12-2-4-13(5-3-12)15(10-20)14-6-8-24(9-7-14)18-16(19)17(21)22-11-23-18;1-11-2-4-12(5-3-11)14(10-15)13-6-8-16-9-7-13;1-10(2,3)14-9(13)11-6-4-8(12)5-7-11;1-8-2-4-9(5-3-8)6-7-10;5-2-3(6)8-1-9-4(2)7/h5-8,14,17-18H,9-13H2,1-4H3,(H,26,30)(H2,25,27,28);5-8H,9-12H2,1-4H3;2-5,11,14-15H,6-10,20H2,1H3,(H2,21,22,23);2-5,13-14,16H,6-10,15H2,1H3;4-7H2,1-3H3;2-5H,6H2,1H3;1H,(H2,7,8,9). The van der Waals surface area contributed by atoms with Crippen molar-refractivity contribution in [2.45, 2.75) is 202 Å². The molecule has 684 valence electrons. The SMILES string of the molecule is CC(C)(C)OC(=O)N1CCC(=O)CC1.Cc1ccc(C(C#N)=C2CCN(C(=O)OC(C)(C)C)CC2)cc1.Cc1ccc(C(CN)C2CCN(c3ncnc(N)c3Br)CC2)cc1.Cc1ccc(C(CN)C2CCNCC2)cc1.Cc1ccc(C(CNC(=O)OC(C)(C)C)C2CCN(c3ncnc(N)c3Br)CC2)cc1.Cc1ccc(CC#N)cc1.Nc1ncnc(Cl)c1Br. The number of amides is 3. The van der Waals surface area contributed by atoms with Gasteiger partial charge in [-0.3, -0.25) is 4.79 Å². The number of ether oxygens (including phenoxy) is 3. The second-order valence-electron chi connectivity index (χ2n) is 35.5. The first-order chi connectivity index (χ1) is 60.3. The summed E-state index contributed by atoms with van der Waals surface area (Å²) in [5, 5.41) is 24.6. The number of ketones is 1. The molecule has 5 aliphatic heterocycles. The molecule has 5 aromatic carbocycles. The van der Waals surface area contributed by atoms with Gasteiger partial charge in [-0.1, -0.05) is 161 Å². The van der Waals surface area contributed by atoms with E-state index in [9.17, 15) is 24.4 Å². The van der Waals surface area contributed by atoms with Crippen LogP contribution in [0.4, 0.5) is 43.5 Å². The number of halogens is 4. The summed E-state index contributed by atoms with van der Waals surface area (Å²) in [4.78, 5) is 78.8.